The molecular weight excluding hydrogens is 1070 g/mol. The van der Waals surface area contributed by atoms with Crippen molar-refractivity contribution < 1.29 is 60.1 Å². The molecule has 448 valence electrons. The van der Waals surface area contributed by atoms with Crippen LogP contribution in [-0.4, -0.2) is 158 Å². The number of hydrogen-bond acceptors (Lipinski definition) is 13. The molecular formula is C62H90N4O13S2. The molecule has 0 bridgehead atoms. The summed E-state index contributed by atoms with van der Waals surface area (Å²) in [5.41, 5.74) is 0.917. The van der Waals surface area contributed by atoms with Crippen molar-refractivity contribution in [2.24, 2.45) is 0 Å². The summed E-state index contributed by atoms with van der Waals surface area (Å²) in [4.78, 5) is 57.2. The van der Waals surface area contributed by atoms with Gasteiger partial charge in [0.05, 0.1) is 20.3 Å². The third kappa shape index (κ3) is 17.1. The van der Waals surface area contributed by atoms with E-state index in [2.05, 4.69) is 0 Å². The van der Waals surface area contributed by atoms with E-state index in [1.54, 1.807) is 31.7 Å². The van der Waals surface area contributed by atoms with Crippen LogP contribution in [0.2, 0.25) is 0 Å². The van der Waals surface area contributed by atoms with Gasteiger partial charge in [-0.15, -0.1) is 0 Å². The molecule has 4 aliphatic rings. The predicted molar refractivity (Wildman–Crippen MR) is 319 cm³/mol. The van der Waals surface area contributed by atoms with Crippen molar-refractivity contribution >= 4 is 71.2 Å². The molecule has 4 aliphatic heterocycles. The third-order valence-electron chi connectivity index (χ3n) is 14.3. The van der Waals surface area contributed by atoms with E-state index in [4.69, 9.17) is 24.1 Å². The number of aliphatic hydroxyl groups is 1. The fraction of sp³-hybridized carbons (Fsp3) is 0.581. The lowest BCUT2D eigenvalue weighted by Gasteiger charge is -2.34. The number of benzene rings is 4. The average molecular weight is 1160 g/mol. The molecule has 81 heavy (non-hydrogen) atoms. The number of carbonyl (C=O) groups excluding carboxylic acids is 4. The van der Waals surface area contributed by atoms with Crippen LogP contribution < -0.4 is 0 Å². The van der Waals surface area contributed by atoms with E-state index < -0.39 is 64.8 Å². The highest BCUT2D eigenvalue weighted by Gasteiger charge is 2.38. The number of hydrogen-bond donors (Lipinski definition) is 1. The Morgan fingerprint density at radius 3 is 1.15 bits per heavy atom. The number of fused-ring (bicyclic) bond motifs is 2. The second-order valence-corrected chi connectivity index (χ2v) is 29.3. The van der Waals surface area contributed by atoms with Crippen molar-refractivity contribution in [1.29, 1.82) is 0 Å². The molecule has 0 saturated carbocycles. The number of rotatable bonds is 6. The first kappa shape index (κ1) is 65.9. The van der Waals surface area contributed by atoms with Crippen LogP contribution in [0.4, 0.5) is 19.2 Å². The van der Waals surface area contributed by atoms with Gasteiger partial charge in [0.25, 0.3) is 0 Å². The van der Waals surface area contributed by atoms with Crippen LogP contribution in [-0.2, 0) is 38.6 Å². The number of amides is 4. The molecule has 4 amide bonds. The Labute approximate surface area is 482 Å². The van der Waals surface area contributed by atoms with Crippen molar-refractivity contribution in [1.82, 2.24) is 19.6 Å². The van der Waals surface area contributed by atoms with Crippen LogP contribution in [0, 0.1) is 0 Å². The monoisotopic (exact) mass is 1160 g/mol. The van der Waals surface area contributed by atoms with Crippen LogP contribution in [0.25, 0.3) is 27.1 Å². The van der Waals surface area contributed by atoms with Gasteiger partial charge < -0.3 is 43.7 Å². The number of ether oxygens (including phenoxy) is 4. The highest BCUT2D eigenvalue weighted by atomic mass is 32.2. The number of likely N-dealkylation sites (tertiary alicyclic amines) is 3. The molecule has 3 saturated heterocycles. The number of piperidine rings is 3. The summed E-state index contributed by atoms with van der Waals surface area (Å²) in [6.45, 7) is 25.6. The highest BCUT2D eigenvalue weighted by Crippen LogP contribution is 2.39. The molecule has 0 aromatic heterocycles. The lowest BCUT2D eigenvalue weighted by molar-refractivity contribution is 0.0198. The Bertz CT molecular complexity index is 3110. The van der Waals surface area contributed by atoms with Crippen LogP contribution in [0.5, 0.6) is 0 Å². The standard InChI is InChI=1S/C30H42N2O6S.C30H40N2O6S.CH4O.CH4/c2*1-29(2,3)37-27(33)31-17-13-21(14-18-31)23-11-12-26(25-10-8-7-9-24(23)25)39(35,36)22-15-19-32(20-16-22)28(34)38-30(4,5)6;1-2;/h7-12,21-22H,13-20H2,1-6H3;7-13,22H,14-20H2,1-6H3;2H,1H3;1H4. The summed E-state index contributed by atoms with van der Waals surface area (Å²) in [6, 6.07) is 22.6. The Morgan fingerprint density at radius 1 is 0.444 bits per heavy atom. The van der Waals surface area contributed by atoms with Gasteiger partial charge in [0, 0.05) is 70.2 Å². The van der Waals surface area contributed by atoms with E-state index in [0.717, 1.165) is 52.8 Å². The molecule has 0 radical (unpaired) electrons. The number of aliphatic hydroxyl groups excluding tert-OH is 1. The van der Waals surface area contributed by atoms with Gasteiger partial charge in [-0.1, -0.05) is 74.2 Å². The fourth-order valence-electron chi connectivity index (χ4n) is 10.5. The van der Waals surface area contributed by atoms with Crippen molar-refractivity contribution in [3.05, 3.63) is 90.0 Å². The van der Waals surface area contributed by atoms with Crippen molar-refractivity contribution in [3.8, 4) is 0 Å². The van der Waals surface area contributed by atoms with Gasteiger partial charge in [0.15, 0.2) is 19.7 Å². The summed E-state index contributed by atoms with van der Waals surface area (Å²) in [5, 5.41) is 9.13. The molecule has 0 atom stereocenters. The molecule has 4 aromatic rings. The second kappa shape index (κ2) is 26.5. The number of sulfone groups is 2. The summed E-state index contributed by atoms with van der Waals surface area (Å²) < 4.78 is 77.3. The van der Waals surface area contributed by atoms with Crippen molar-refractivity contribution in [3.63, 3.8) is 0 Å². The zero-order valence-corrected chi connectivity index (χ0v) is 50.9. The zero-order valence-electron chi connectivity index (χ0n) is 49.3. The smallest absolute Gasteiger partial charge is 0.410 e. The first-order valence-electron chi connectivity index (χ1n) is 27.9. The van der Waals surface area contributed by atoms with E-state index in [1.165, 1.54) is 0 Å². The normalized spacial score (nSPS) is 17.4. The SMILES string of the molecule is C.CC(C)(C)OC(=O)N1CC=C(c2ccc(S(=O)(=O)C3CCN(C(=O)OC(C)(C)C)CC3)c3ccccc23)CC1.CC(C)(C)OC(=O)N1CCC(c2ccc(S(=O)(=O)C3CCN(C(=O)OC(C)(C)C)CC3)c3ccccc23)CC1.CO. The van der Waals surface area contributed by atoms with E-state index in [1.807, 2.05) is 150 Å². The first-order valence-corrected chi connectivity index (χ1v) is 31.0. The largest absolute Gasteiger partial charge is 0.444 e. The zero-order chi connectivity index (χ0) is 59.2. The molecule has 8 rings (SSSR count). The summed E-state index contributed by atoms with van der Waals surface area (Å²) in [5.74, 6) is 0.224. The Balaban J connectivity index is 0.000000285. The lowest BCUT2D eigenvalue weighted by atomic mass is 9.86. The predicted octanol–water partition coefficient (Wildman–Crippen LogP) is 12.4. The summed E-state index contributed by atoms with van der Waals surface area (Å²) >= 11 is 0. The molecule has 0 aliphatic carbocycles. The minimum atomic E-state index is -3.63. The van der Waals surface area contributed by atoms with Crippen molar-refractivity contribution in [2.75, 3.05) is 59.5 Å². The molecule has 4 heterocycles. The van der Waals surface area contributed by atoms with E-state index in [9.17, 15) is 36.0 Å². The molecule has 0 spiro atoms. The average Bonchev–Trinajstić information content (AvgIpc) is 3.52. The quantitative estimate of drug-likeness (QED) is 0.179. The van der Waals surface area contributed by atoms with Crippen LogP contribution in [0.3, 0.4) is 0 Å². The molecule has 1 N–H and O–H groups in total. The summed E-state index contributed by atoms with van der Waals surface area (Å²) in [7, 11) is -6.23. The molecule has 17 nitrogen and oxygen atoms in total. The molecule has 4 aromatic carbocycles. The maximum Gasteiger partial charge on any atom is 0.410 e. The van der Waals surface area contributed by atoms with E-state index >= 15 is 0 Å². The maximum atomic E-state index is 13.8. The van der Waals surface area contributed by atoms with Crippen LogP contribution >= 0.6 is 0 Å². The molecule has 19 heteroatoms. The Hall–Kier alpha value is -5.92. The first-order chi connectivity index (χ1) is 37.3. The third-order valence-corrected chi connectivity index (χ3v) is 18.9. The fourth-order valence-corrected chi connectivity index (χ4v) is 14.4. The topological polar surface area (TPSA) is 207 Å². The van der Waals surface area contributed by atoms with E-state index in [-0.39, 0.29) is 25.5 Å². The maximum absolute atomic E-state index is 13.8. The van der Waals surface area contributed by atoms with E-state index in [0.29, 0.717) is 99.6 Å². The Morgan fingerprint density at radius 2 is 0.778 bits per heavy atom. The van der Waals surface area contributed by atoms with Gasteiger partial charge in [0.1, 0.15) is 22.4 Å². The van der Waals surface area contributed by atoms with Gasteiger partial charge in [-0.05, 0) is 174 Å². The van der Waals surface area contributed by atoms with Gasteiger partial charge in [0.2, 0.25) is 0 Å². The minimum absolute atomic E-state index is 0. The van der Waals surface area contributed by atoms with Crippen LogP contribution in [0.15, 0.2) is 88.7 Å². The second-order valence-electron chi connectivity index (χ2n) is 24.9. The van der Waals surface area contributed by atoms with Gasteiger partial charge in [-0.3, -0.25) is 0 Å². The van der Waals surface area contributed by atoms with Crippen LogP contribution in [0.1, 0.15) is 153 Å². The molecule has 3 fully saturated rings. The minimum Gasteiger partial charge on any atom is -0.444 e. The van der Waals surface area contributed by atoms with Gasteiger partial charge in [-0.2, -0.15) is 0 Å². The summed E-state index contributed by atoms with van der Waals surface area (Å²) in [6.07, 6.45) is 4.32. The van der Waals surface area contributed by atoms with Gasteiger partial charge in [-0.25, -0.2) is 36.0 Å². The highest BCUT2D eigenvalue weighted by molar-refractivity contribution is 7.92. The van der Waals surface area contributed by atoms with Crippen molar-refractivity contribution in [2.45, 2.75) is 184 Å². The number of nitrogens with zero attached hydrogens (tertiary/aromatic N) is 4. The van der Waals surface area contributed by atoms with Gasteiger partial charge >= 0.3 is 24.4 Å². The number of carbonyl (C=O) groups is 4. The Kier molecular flexibility index (Phi) is 21.6. The lowest BCUT2D eigenvalue weighted by Crippen LogP contribution is -2.44. The molecule has 0 unspecified atom stereocenters.